The van der Waals surface area contributed by atoms with Gasteiger partial charge in [-0.05, 0) is 11.7 Å². The molecule has 1 unspecified atom stereocenters. The third-order valence-corrected chi connectivity index (χ3v) is 1.94. The molecule has 0 aliphatic rings. The molecule has 0 amide bonds. The highest BCUT2D eigenvalue weighted by Crippen LogP contribution is 2.25. The van der Waals surface area contributed by atoms with Crippen LogP contribution in [-0.2, 0) is 0 Å². The average Bonchev–Trinajstić information content (AvgIpc) is 1.99. The Labute approximate surface area is 71.8 Å². The third-order valence-electron chi connectivity index (χ3n) is 1.94. The van der Waals surface area contributed by atoms with Crippen molar-refractivity contribution in [2.45, 2.75) is 38.9 Å². The van der Waals surface area contributed by atoms with E-state index in [1.807, 2.05) is 0 Å². The molecule has 11 heavy (non-hydrogen) atoms. The van der Waals surface area contributed by atoms with Crippen molar-refractivity contribution in [1.82, 2.24) is 0 Å². The number of rotatable bonds is 4. The monoisotopic (exact) mass is 150 g/mol. The van der Waals surface area contributed by atoms with E-state index in [1.54, 1.807) is 0 Å². The summed E-state index contributed by atoms with van der Waals surface area (Å²) < 4.78 is 0. The van der Waals surface area contributed by atoms with Crippen LogP contribution >= 0.6 is 0 Å². The minimum absolute atomic E-state index is 0.359. The number of hydrogen-bond acceptors (Lipinski definition) is 0. The Balaban J connectivity index is 3.81. The lowest BCUT2D eigenvalue weighted by molar-refractivity contribution is 0.725. The molecular weight excluding hydrogens is 131 g/mol. The molecule has 0 aliphatic carbocycles. The molecule has 0 spiro atoms. The first-order chi connectivity index (χ1) is 5.12. The van der Waals surface area contributed by atoms with Crippen molar-refractivity contribution >= 4 is 7.85 Å². The molecule has 0 heterocycles. The van der Waals surface area contributed by atoms with Gasteiger partial charge in [0.1, 0.15) is 7.85 Å². The van der Waals surface area contributed by atoms with Crippen LogP contribution in [0.5, 0.6) is 0 Å². The van der Waals surface area contributed by atoms with Gasteiger partial charge in [-0.2, -0.15) is 0 Å². The molecule has 0 bridgehead atoms. The standard InChI is InChI=1S/C10H19B/c1-4-6-7-8-9-10(3,11)5-2/h6-9H,4-5,11H2,1-3H3/b7-6-,9-8-. The Morgan fingerprint density at radius 1 is 1.27 bits per heavy atom. The van der Waals surface area contributed by atoms with Gasteiger partial charge in [-0.15, -0.1) is 0 Å². The molecule has 0 rings (SSSR count). The lowest BCUT2D eigenvalue weighted by Crippen LogP contribution is -2.00. The summed E-state index contributed by atoms with van der Waals surface area (Å²) in [6, 6.07) is 0. The fourth-order valence-electron chi connectivity index (χ4n) is 0.649. The minimum Gasteiger partial charge on any atom is -0.0867 e. The highest BCUT2D eigenvalue weighted by molar-refractivity contribution is 6.16. The molecule has 1 heteroatoms. The van der Waals surface area contributed by atoms with Crippen LogP contribution in [0.4, 0.5) is 0 Å². The molecule has 0 saturated heterocycles. The normalized spacial score (nSPS) is 17.7. The quantitative estimate of drug-likeness (QED) is 0.427. The lowest BCUT2D eigenvalue weighted by atomic mass is 9.68. The van der Waals surface area contributed by atoms with Gasteiger partial charge in [0.05, 0.1) is 0 Å². The molecule has 0 aromatic carbocycles. The Bertz CT molecular complexity index is 143. The van der Waals surface area contributed by atoms with Gasteiger partial charge >= 0.3 is 0 Å². The second-order valence-corrected chi connectivity index (χ2v) is 3.54. The summed E-state index contributed by atoms with van der Waals surface area (Å²) in [6.45, 7) is 6.62. The van der Waals surface area contributed by atoms with E-state index in [2.05, 4.69) is 52.9 Å². The maximum absolute atomic E-state index is 2.26. The van der Waals surface area contributed by atoms with Crippen LogP contribution in [-0.4, -0.2) is 7.85 Å². The van der Waals surface area contributed by atoms with Gasteiger partial charge in [0, 0.05) is 0 Å². The van der Waals surface area contributed by atoms with E-state index < -0.39 is 0 Å². The highest BCUT2D eigenvalue weighted by atomic mass is 14.1. The van der Waals surface area contributed by atoms with E-state index in [4.69, 9.17) is 0 Å². The zero-order valence-electron chi connectivity index (χ0n) is 8.22. The van der Waals surface area contributed by atoms with Gasteiger partial charge in [-0.3, -0.25) is 0 Å². The van der Waals surface area contributed by atoms with Crippen molar-refractivity contribution in [3.05, 3.63) is 24.3 Å². The summed E-state index contributed by atoms with van der Waals surface area (Å²) in [7, 11) is 2.25. The second-order valence-electron chi connectivity index (χ2n) is 3.54. The van der Waals surface area contributed by atoms with E-state index in [0.29, 0.717) is 5.31 Å². The predicted octanol–water partition coefficient (Wildman–Crippen LogP) is 2.73. The van der Waals surface area contributed by atoms with Crippen molar-refractivity contribution < 1.29 is 0 Å². The van der Waals surface area contributed by atoms with Crippen LogP contribution in [0.3, 0.4) is 0 Å². The van der Waals surface area contributed by atoms with E-state index in [1.165, 1.54) is 6.42 Å². The van der Waals surface area contributed by atoms with Gasteiger partial charge in [-0.25, -0.2) is 0 Å². The summed E-state index contributed by atoms with van der Waals surface area (Å²) in [5.74, 6) is 0. The van der Waals surface area contributed by atoms with Gasteiger partial charge in [0.25, 0.3) is 0 Å². The first kappa shape index (κ1) is 10.5. The molecule has 0 aromatic rings. The summed E-state index contributed by atoms with van der Waals surface area (Å²) in [4.78, 5) is 0. The maximum atomic E-state index is 2.26. The van der Waals surface area contributed by atoms with Gasteiger partial charge < -0.3 is 0 Å². The van der Waals surface area contributed by atoms with Crippen molar-refractivity contribution in [1.29, 1.82) is 0 Å². The first-order valence-corrected chi connectivity index (χ1v) is 4.46. The number of hydrogen-bond donors (Lipinski definition) is 0. The molecular formula is C10H19B. The van der Waals surface area contributed by atoms with Crippen LogP contribution in [0.2, 0.25) is 5.31 Å². The zero-order valence-corrected chi connectivity index (χ0v) is 8.22. The fourth-order valence-corrected chi connectivity index (χ4v) is 0.649. The predicted molar refractivity (Wildman–Crippen MR) is 55.8 cm³/mol. The molecule has 0 N–H and O–H groups in total. The smallest absolute Gasteiger partial charge is 0.0867 e. The summed E-state index contributed by atoms with van der Waals surface area (Å²) >= 11 is 0. The van der Waals surface area contributed by atoms with Crippen LogP contribution in [0.15, 0.2) is 24.3 Å². The van der Waals surface area contributed by atoms with Gasteiger partial charge in [-0.1, -0.05) is 51.5 Å². The molecule has 1 atom stereocenters. The Morgan fingerprint density at radius 3 is 2.36 bits per heavy atom. The summed E-state index contributed by atoms with van der Waals surface area (Å²) in [5.41, 5.74) is 0. The van der Waals surface area contributed by atoms with Crippen molar-refractivity contribution in [2.24, 2.45) is 0 Å². The van der Waals surface area contributed by atoms with Crippen LogP contribution < -0.4 is 0 Å². The molecule has 0 aliphatic heterocycles. The lowest BCUT2D eigenvalue weighted by Gasteiger charge is -2.15. The molecule has 0 aromatic heterocycles. The molecule has 0 nitrogen and oxygen atoms in total. The summed E-state index contributed by atoms with van der Waals surface area (Å²) in [6.07, 6.45) is 11.0. The van der Waals surface area contributed by atoms with E-state index >= 15 is 0 Å². The minimum atomic E-state index is 0.359. The van der Waals surface area contributed by atoms with Crippen molar-refractivity contribution in [3.8, 4) is 0 Å². The van der Waals surface area contributed by atoms with E-state index in [9.17, 15) is 0 Å². The van der Waals surface area contributed by atoms with Crippen LogP contribution in [0.25, 0.3) is 0 Å². The van der Waals surface area contributed by atoms with Crippen LogP contribution in [0.1, 0.15) is 33.6 Å². The Kier molecular flexibility index (Phi) is 5.01. The molecule has 62 valence electrons. The van der Waals surface area contributed by atoms with E-state index in [0.717, 1.165) is 6.42 Å². The average molecular weight is 150 g/mol. The van der Waals surface area contributed by atoms with E-state index in [-0.39, 0.29) is 0 Å². The van der Waals surface area contributed by atoms with Crippen molar-refractivity contribution in [3.63, 3.8) is 0 Å². The molecule has 0 saturated carbocycles. The Morgan fingerprint density at radius 2 is 1.91 bits per heavy atom. The number of allylic oxidation sites excluding steroid dienone is 4. The van der Waals surface area contributed by atoms with Gasteiger partial charge in [0.2, 0.25) is 0 Å². The fraction of sp³-hybridized carbons (Fsp3) is 0.600. The summed E-state index contributed by atoms with van der Waals surface area (Å²) in [5, 5.41) is 0.359. The first-order valence-electron chi connectivity index (χ1n) is 4.46. The topological polar surface area (TPSA) is 0 Å². The SMILES string of the molecule is BC(C)(/C=C\C=C/CC)CC. The third kappa shape index (κ3) is 5.96. The van der Waals surface area contributed by atoms with Crippen molar-refractivity contribution in [2.75, 3.05) is 0 Å². The second kappa shape index (κ2) is 5.23. The molecule has 0 radical (unpaired) electrons. The van der Waals surface area contributed by atoms with Crippen LogP contribution in [0, 0.1) is 0 Å². The largest absolute Gasteiger partial charge is 0.114 e. The Hall–Kier alpha value is -0.455. The maximum Gasteiger partial charge on any atom is 0.114 e. The molecule has 0 fully saturated rings. The zero-order chi connectivity index (χ0) is 8.74. The highest BCUT2D eigenvalue weighted by Gasteiger charge is 2.08. The van der Waals surface area contributed by atoms with Gasteiger partial charge in [0.15, 0.2) is 0 Å².